The molecule has 2 heterocycles. The van der Waals surface area contributed by atoms with Crippen LogP contribution in [0.15, 0.2) is 60.8 Å². The summed E-state index contributed by atoms with van der Waals surface area (Å²) in [4.78, 5) is 16.2. The fourth-order valence-electron chi connectivity index (χ4n) is 6.71. The molecule has 2 fully saturated rings. The maximum atomic E-state index is 12.6. The van der Waals surface area contributed by atoms with Crippen molar-refractivity contribution in [2.45, 2.75) is 83.7 Å². The van der Waals surface area contributed by atoms with Crippen molar-refractivity contribution in [2.75, 3.05) is 13.1 Å². The minimum Gasteiger partial charge on any atom is -0.344 e. The number of likely N-dealkylation sites (tertiary alicyclic amines) is 1. The van der Waals surface area contributed by atoms with Crippen molar-refractivity contribution in [3.63, 3.8) is 0 Å². The fourth-order valence-corrected chi connectivity index (χ4v) is 6.94. The largest absolute Gasteiger partial charge is 0.344 e. The zero-order chi connectivity index (χ0) is 25.8. The van der Waals surface area contributed by atoms with Crippen molar-refractivity contribution in [3.8, 4) is 0 Å². The van der Waals surface area contributed by atoms with E-state index < -0.39 is 0 Å². The third-order valence-electron chi connectivity index (χ3n) is 9.04. The van der Waals surface area contributed by atoms with Crippen molar-refractivity contribution in [2.24, 2.45) is 11.8 Å². The number of thiocarbonyl (C=S) groups is 1. The molecule has 0 bridgehead atoms. The number of hydrogen-bond acceptors (Lipinski definition) is 3. The highest BCUT2D eigenvalue weighted by Crippen LogP contribution is 2.36. The summed E-state index contributed by atoms with van der Waals surface area (Å²) in [6.07, 6.45) is 12.5. The third kappa shape index (κ3) is 6.23. The Bertz CT molecular complexity index is 1200. The zero-order valence-corrected chi connectivity index (χ0v) is 23.4. The summed E-state index contributed by atoms with van der Waals surface area (Å²) >= 11 is 5.65. The van der Waals surface area contributed by atoms with Gasteiger partial charge in [-0.2, -0.15) is 0 Å². The monoisotopic (exact) mass is 514 g/mol. The normalized spacial score (nSPS) is 21.5. The van der Waals surface area contributed by atoms with Crippen molar-refractivity contribution in [1.82, 2.24) is 9.47 Å². The van der Waals surface area contributed by atoms with Gasteiger partial charge in [0.05, 0.1) is 0 Å². The average molecular weight is 515 g/mol. The lowest BCUT2D eigenvalue weighted by Gasteiger charge is -2.42. The van der Waals surface area contributed by atoms with Gasteiger partial charge in [0.1, 0.15) is 0 Å². The van der Waals surface area contributed by atoms with E-state index in [-0.39, 0.29) is 5.78 Å². The lowest BCUT2D eigenvalue weighted by Crippen LogP contribution is -2.43. The number of carbonyl (C=O) groups is 1. The number of para-hydroxylation sites is 1. The molecule has 1 aliphatic heterocycles. The second-order valence-electron chi connectivity index (χ2n) is 11.7. The molecule has 0 spiro atoms. The van der Waals surface area contributed by atoms with Crippen LogP contribution in [-0.2, 0) is 6.42 Å². The maximum absolute atomic E-state index is 12.6. The van der Waals surface area contributed by atoms with Crippen LogP contribution in [0.25, 0.3) is 10.9 Å². The molecule has 1 saturated heterocycles. The van der Waals surface area contributed by atoms with Crippen LogP contribution >= 0.6 is 12.2 Å². The number of rotatable bonds is 9. The summed E-state index contributed by atoms with van der Waals surface area (Å²) < 4.78 is 2.55. The van der Waals surface area contributed by atoms with Gasteiger partial charge >= 0.3 is 0 Å². The molecule has 0 N–H and O–H groups in total. The lowest BCUT2D eigenvalue weighted by atomic mass is 9.79. The fraction of sp³-hybridized carbons (Fsp3) is 0.515. The molecule has 0 unspecified atom stereocenters. The van der Waals surface area contributed by atoms with Crippen LogP contribution in [0.5, 0.6) is 0 Å². The zero-order valence-electron chi connectivity index (χ0n) is 22.6. The van der Waals surface area contributed by atoms with Crippen LogP contribution in [0, 0.1) is 11.8 Å². The number of Topliss-reactive ketones (excluding diaryl/α,β-unsaturated/α-hetero) is 1. The standard InChI is InChI=1S/C33H42N2OS/c1-24(2)25-12-15-28(16-13-25)34-20-18-29(19-21-34)35-23-27(31-10-6-7-11-32(31)35)14-17-30(37)22-33(36)26-8-4-3-5-9-26/h3-11,23-25,28-29H,12-22H2,1-2H3. The van der Waals surface area contributed by atoms with Gasteiger partial charge in [-0.25, -0.2) is 0 Å². The van der Waals surface area contributed by atoms with Crippen LogP contribution in [0.4, 0.5) is 0 Å². The Hall–Kier alpha value is -2.30. The first-order valence-electron chi connectivity index (χ1n) is 14.4. The van der Waals surface area contributed by atoms with E-state index in [0.717, 1.165) is 41.1 Å². The Kier molecular flexibility index (Phi) is 8.56. The van der Waals surface area contributed by atoms with Crippen molar-refractivity contribution >= 4 is 33.8 Å². The Morgan fingerprint density at radius 2 is 1.57 bits per heavy atom. The molecule has 1 saturated carbocycles. The molecule has 2 aromatic carbocycles. The van der Waals surface area contributed by atoms with E-state index in [0.29, 0.717) is 12.5 Å². The van der Waals surface area contributed by atoms with Gasteiger partial charge in [-0.3, -0.25) is 4.79 Å². The summed E-state index contributed by atoms with van der Waals surface area (Å²) in [6.45, 7) is 7.22. The highest BCUT2D eigenvalue weighted by Gasteiger charge is 2.30. The van der Waals surface area contributed by atoms with Gasteiger partial charge in [0, 0.05) is 59.1 Å². The molecule has 0 amide bonds. The van der Waals surface area contributed by atoms with Crippen LogP contribution in [0.1, 0.15) is 87.2 Å². The minimum absolute atomic E-state index is 0.123. The topological polar surface area (TPSA) is 25.2 Å². The number of hydrogen-bond donors (Lipinski definition) is 0. The predicted molar refractivity (Wildman–Crippen MR) is 159 cm³/mol. The number of benzene rings is 2. The number of carbonyl (C=O) groups excluding carboxylic acids is 1. The molecule has 3 aromatic rings. The predicted octanol–water partition coefficient (Wildman–Crippen LogP) is 8.07. The summed E-state index contributed by atoms with van der Waals surface area (Å²) in [5.41, 5.74) is 3.46. The van der Waals surface area contributed by atoms with Gasteiger partial charge in [0.15, 0.2) is 5.78 Å². The molecule has 2 aliphatic rings. The molecular formula is C33H42N2OS. The van der Waals surface area contributed by atoms with Crippen molar-refractivity contribution in [3.05, 3.63) is 71.9 Å². The second-order valence-corrected chi connectivity index (χ2v) is 12.2. The smallest absolute Gasteiger partial charge is 0.167 e. The highest BCUT2D eigenvalue weighted by molar-refractivity contribution is 7.80. The molecule has 0 atom stereocenters. The number of piperidine rings is 1. The molecular weight excluding hydrogens is 472 g/mol. The van der Waals surface area contributed by atoms with Crippen LogP contribution in [-0.4, -0.2) is 39.2 Å². The van der Waals surface area contributed by atoms with Gasteiger partial charge < -0.3 is 9.47 Å². The van der Waals surface area contributed by atoms with Crippen molar-refractivity contribution < 1.29 is 4.79 Å². The molecule has 1 aliphatic carbocycles. The molecule has 0 radical (unpaired) electrons. The van der Waals surface area contributed by atoms with Gasteiger partial charge in [0.2, 0.25) is 0 Å². The van der Waals surface area contributed by atoms with Gasteiger partial charge in [0.25, 0.3) is 0 Å². The van der Waals surface area contributed by atoms with E-state index in [1.54, 1.807) is 0 Å². The van der Waals surface area contributed by atoms with Gasteiger partial charge in [-0.15, -0.1) is 0 Å². The first-order chi connectivity index (χ1) is 18.0. The van der Waals surface area contributed by atoms with Gasteiger partial charge in [-0.1, -0.05) is 74.6 Å². The summed E-state index contributed by atoms with van der Waals surface area (Å²) in [5, 5.41) is 1.34. The minimum atomic E-state index is 0.123. The SMILES string of the molecule is CC(C)C1CCC(N2CCC(n3cc(CCC(=S)CC(=O)c4ccccc4)c4ccccc43)CC2)CC1. The summed E-state index contributed by atoms with van der Waals surface area (Å²) in [7, 11) is 0. The molecule has 37 heavy (non-hydrogen) atoms. The molecule has 4 heteroatoms. The molecule has 196 valence electrons. The van der Waals surface area contributed by atoms with Crippen molar-refractivity contribution in [1.29, 1.82) is 0 Å². The Morgan fingerprint density at radius 1 is 0.892 bits per heavy atom. The quantitative estimate of drug-likeness (QED) is 0.213. The molecule has 1 aromatic heterocycles. The van der Waals surface area contributed by atoms with Crippen LogP contribution in [0.3, 0.4) is 0 Å². The van der Waals surface area contributed by atoms with Crippen LogP contribution in [0.2, 0.25) is 0 Å². The van der Waals surface area contributed by atoms with E-state index in [4.69, 9.17) is 12.2 Å². The number of aromatic nitrogens is 1. The average Bonchev–Trinajstić information content (AvgIpc) is 3.31. The van der Waals surface area contributed by atoms with Crippen LogP contribution < -0.4 is 0 Å². The summed E-state index contributed by atoms with van der Waals surface area (Å²) in [5.74, 6) is 1.89. The first-order valence-corrected chi connectivity index (χ1v) is 14.8. The number of fused-ring (bicyclic) bond motifs is 1. The number of aryl methyl sites for hydroxylation is 1. The Morgan fingerprint density at radius 3 is 2.27 bits per heavy atom. The lowest BCUT2D eigenvalue weighted by molar-refractivity contribution is 0.0894. The van der Waals surface area contributed by atoms with E-state index in [2.05, 4.69) is 53.8 Å². The number of nitrogens with zero attached hydrogens (tertiary/aromatic N) is 2. The molecule has 5 rings (SSSR count). The van der Waals surface area contributed by atoms with E-state index in [9.17, 15) is 4.79 Å². The molecule has 3 nitrogen and oxygen atoms in total. The van der Waals surface area contributed by atoms with E-state index in [1.807, 2.05) is 30.3 Å². The second kappa shape index (κ2) is 12.0. The van der Waals surface area contributed by atoms with E-state index in [1.165, 1.54) is 68.1 Å². The highest BCUT2D eigenvalue weighted by atomic mass is 32.1. The Balaban J connectivity index is 1.19. The number of ketones is 1. The summed E-state index contributed by atoms with van der Waals surface area (Å²) in [6, 6.07) is 19.7. The maximum Gasteiger partial charge on any atom is 0.167 e. The third-order valence-corrected chi connectivity index (χ3v) is 9.39. The Labute approximate surface area is 228 Å². The van der Waals surface area contributed by atoms with Gasteiger partial charge in [-0.05, 0) is 74.8 Å². The van der Waals surface area contributed by atoms with E-state index >= 15 is 0 Å². The first kappa shape index (κ1) is 26.3.